The summed E-state index contributed by atoms with van der Waals surface area (Å²) in [6.45, 7) is 2.85. The first kappa shape index (κ1) is 11.0. The molecule has 1 aromatic rings. The summed E-state index contributed by atoms with van der Waals surface area (Å²) in [4.78, 5) is 11.5. The summed E-state index contributed by atoms with van der Waals surface area (Å²) in [6, 6.07) is 8.49. The molecule has 2 N–H and O–H groups in total. The smallest absolute Gasteiger partial charge is 0.220 e. The number of carbonyl (C=O) groups excluding carboxylic acids is 1. The molecule has 0 radical (unpaired) electrons. The van der Waals surface area contributed by atoms with Crippen molar-refractivity contribution in [3.05, 3.63) is 29.8 Å². The molecule has 0 spiro atoms. The van der Waals surface area contributed by atoms with E-state index in [2.05, 4.69) is 22.8 Å². The second-order valence-corrected chi connectivity index (χ2v) is 4.26. The van der Waals surface area contributed by atoms with E-state index in [-0.39, 0.29) is 11.9 Å². The van der Waals surface area contributed by atoms with Gasteiger partial charge in [-0.1, -0.05) is 25.1 Å². The van der Waals surface area contributed by atoms with Crippen molar-refractivity contribution in [3.8, 4) is 0 Å². The Hall–Kier alpha value is -1.51. The number of para-hydroxylation sites is 1. The summed E-state index contributed by atoms with van der Waals surface area (Å²) >= 11 is 0. The molecule has 1 atom stereocenters. The minimum absolute atomic E-state index is 0.161. The predicted molar refractivity (Wildman–Crippen MR) is 65.5 cm³/mol. The van der Waals surface area contributed by atoms with Crippen LogP contribution in [-0.4, -0.2) is 18.5 Å². The number of hydrogen-bond acceptors (Lipinski definition) is 2. The van der Waals surface area contributed by atoms with E-state index >= 15 is 0 Å². The van der Waals surface area contributed by atoms with Gasteiger partial charge in [-0.15, -0.1) is 0 Å². The van der Waals surface area contributed by atoms with E-state index in [1.807, 2.05) is 19.1 Å². The Kier molecular flexibility index (Phi) is 3.44. The average molecular weight is 218 g/mol. The fraction of sp³-hybridized carbons (Fsp3) is 0.462. The third-order valence-electron chi connectivity index (χ3n) is 2.86. The lowest BCUT2D eigenvalue weighted by Gasteiger charge is -2.26. The van der Waals surface area contributed by atoms with Crippen LogP contribution in [0.3, 0.4) is 0 Å². The lowest BCUT2D eigenvalue weighted by molar-refractivity contribution is -0.121. The van der Waals surface area contributed by atoms with Crippen molar-refractivity contribution in [3.63, 3.8) is 0 Å². The Balaban J connectivity index is 1.95. The summed E-state index contributed by atoms with van der Waals surface area (Å²) < 4.78 is 0. The Morgan fingerprint density at radius 3 is 3.12 bits per heavy atom. The van der Waals surface area contributed by atoms with Crippen molar-refractivity contribution >= 4 is 11.6 Å². The number of nitrogens with one attached hydrogen (secondary N) is 2. The molecule has 3 heteroatoms. The monoisotopic (exact) mass is 218 g/mol. The van der Waals surface area contributed by atoms with Gasteiger partial charge in [0.05, 0.1) is 6.04 Å². The Morgan fingerprint density at radius 1 is 1.50 bits per heavy atom. The molecular weight excluding hydrogens is 200 g/mol. The molecule has 0 aromatic heterocycles. The van der Waals surface area contributed by atoms with Crippen LogP contribution < -0.4 is 10.6 Å². The van der Waals surface area contributed by atoms with Crippen molar-refractivity contribution in [1.82, 2.24) is 5.32 Å². The molecule has 3 nitrogen and oxygen atoms in total. The van der Waals surface area contributed by atoms with Crippen molar-refractivity contribution < 1.29 is 4.79 Å². The molecule has 0 saturated carbocycles. The predicted octanol–water partition coefficient (Wildman–Crippen LogP) is 1.94. The van der Waals surface area contributed by atoms with Gasteiger partial charge in [0.2, 0.25) is 5.91 Å². The largest absolute Gasteiger partial charge is 0.383 e. The van der Waals surface area contributed by atoms with Gasteiger partial charge in [0.1, 0.15) is 0 Å². The van der Waals surface area contributed by atoms with E-state index in [9.17, 15) is 4.79 Å². The van der Waals surface area contributed by atoms with Gasteiger partial charge >= 0.3 is 0 Å². The van der Waals surface area contributed by atoms with Gasteiger partial charge in [-0.2, -0.15) is 0 Å². The van der Waals surface area contributed by atoms with Crippen LogP contribution in [0.2, 0.25) is 0 Å². The van der Waals surface area contributed by atoms with Crippen molar-refractivity contribution in [2.24, 2.45) is 0 Å². The van der Waals surface area contributed by atoms with Crippen molar-refractivity contribution in [2.75, 3.05) is 11.9 Å². The Labute approximate surface area is 96.2 Å². The van der Waals surface area contributed by atoms with Crippen LogP contribution in [0.25, 0.3) is 0 Å². The molecule has 1 unspecified atom stereocenters. The first-order chi connectivity index (χ1) is 7.79. The SMILES string of the molecule is CCCC(=O)NC1CNc2ccccc2C1. The van der Waals surface area contributed by atoms with Crippen molar-refractivity contribution in [1.29, 1.82) is 0 Å². The van der Waals surface area contributed by atoms with Crippen LogP contribution in [0.4, 0.5) is 5.69 Å². The normalized spacial score (nSPS) is 18.4. The minimum Gasteiger partial charge on any atom is -0.383 e. The van der Waals surface area contributed by atoms with E-state index in [4.69, 9.17) is 0 Å². The van der Waals surface area contributed by atoms with Crippen molar-refractivity contribution in [2.45, 2.75) is 32.2 Å². The number of anilines is 1. The van der Waals surface area contributed by atoms with Crippen LogP contribution in [-0.2, 0) is 11.2 Å². The van der Waals surface area contributed by atoms with Gasteiger partial charge in [-0.25, -0.2) is 0 Å². The number of amides is 1. The van der Waals surface area contributed by atoms with Crippen LogP contribution >= 0.6 is 0 Å². The summed E-state index contributed by atoms with van der Waals surface area (Å²) in [6.07, 6.45) is 2.46. The minimum atomic E-state index is 0.161. The highest BCUT2D eigenvalue weighted by Crippen LogP contribution is 2.20. The third kappa shape index (κ3) is 2.54. The topological polar surface area (TPSA) is 41.1 Å². The van der Waals surface area contributed by atoms with Gasteiger partial charge < -0.3 is 10.6 Å². The van der Waals surface area contributed by atoms with Crippen LogP contribution in [0, 0.1) is 0 Å². The molecule has 0 saturated heterocycles. The van der Waals surface area contributed by atoms with E-state index < -0.39 is 0 Å². The van der Waals surface area contributed by atoms with Gasteiger partial charge in [-0.3, -0.25) is 4.79 Å². The van der Waals surface area contributed by atoms with Gasteiger partial charge in [0.15, 0.2) is 0 Å². The highest BCUT2D eigenvalue weighted by Gasteiger charge is 2.18. The molecule has 0 aliphatic carbocycles. The Bertz CT molecular complexity index is 376. The molecule has 1 aliphatic rings. The van der Waals surface area contributed by atoms with Crippen LogP contribution in [0.1, 0.15) is 25.3 Å². The molecule has 86 valence electrons. The molecule has 1 heterocycles. The standard InChI is InChI=1S/C13H18N2O/c1-2-5-13(16)15-11-8-10-6-3-4-7-12(10)14-9-11/h3-4,6-7,11,14H,2,5,8-9H2,1H3,(H,15,16). The fourth-order valence-electron chi connectivity index (χ4n) is 2.07. The number of carbonyl (C=O) groups is 1. The quantitative estimate of drug-likeness (QED) is 0.814. The lowest BCUT2D eigenvalue weighted by atomic mass is 9.99. The summed E-state index contributed by atoms with van der Waals surface area (Å²) in [5.41, 5.74) is 2.49. The molecule has 16 heavy (non-hydrogen) atoms. The molecule has 0 fully saturated rings. The second kappa shape index (κ2) is 5.01. The molecule has 0 bridgehead atoms. The number of rotatable bonds is 3. The summed E-state index contributed by atoms with van der Waals surface area (Å²) in [7, 11) is 0. The number of benzene rings is 1. The maximum Gasteiger partial charge on any atom is 0.220 e. The molecule has 1 aliphatic heterocycles. The Morgan fingerprint density at radius 2 is 2.31 bits per heavy atom. The second-order valence-electron chi connectivity index (χ2n) is 4.26. The first-order valence-electron chi connectivity index (χ1n) is 5.90. The fourth-order valence-corrected chi connectivity index (χ4v) is 2.07. The highest BCUT2D eigenvalue weighted by atomic mass is 16.1. The third-order valence-corrected chi connectivity index (χ3v) is 2.86. The maximum absolute atomic E-state index is 11.5. The van der Waals surface area contributed by atoms with E-state index in [0.717, 1.165) is 19.4 Å². The van der Waals surface area contributed by atoms with E-state index in [0.29, 0.717) is 6.42 Å². The summed E-state index contributed by atoms with van der Waals surface area (Å²) in [5.74, 6) is 0.161. The summed E-state index contributed by atoms with van der Waals surface area (Å²) in [5, 5.41) is 6.40. The first-order valence-corrected chi connectivity index (χ1v) is 5.90. The van der Waals surface area contributed by atoms with E-state index in [1.54, 1.807) is 0 Å². The highest BCUT2D eigenvalue weighted by molar-refractivity contribution is 5.76. The van der Waals surface area contributed by atoms with Gasteiger partial charge in [0, 0.05) is 18.7 Å². The zero-order valence-corrected chi connectivity index (χ0v) is 9.62. The molecule has 2 rings (SSSR count). The zero-order valence-electron chi connectivity index (χ0n) is 9.62. The maximum atomic E-state index is 11.5. The lowest BCUT2D eigenvalue weighted by Crippen LogP contribution is -2.43. The van der Waals surface area contributed by atoms with Crippen LogP contribution in [0.15, 0.2) is 24.3 Å². The van der Waals surface area contributed by atoms with Gasteiger partial charge in [-0.05, 0) is 24.5 Å². The average Bonchev–Trinajstić information content (AvgIpc) is 2.29. The number of fused-ring (bicyclic) bond motifs is 1. The molecular formula is C13H18N2O. The van der Waals surface area contributed by atoms with Crippen LogP contribution in [0.5, 0.6) is 0 Å². The van der Waals surface area contributed by atoms with Gasteiger partial charge in [0.25, 0.3) is 0 Å². The molecule has 1 aromatic carbocycles. The zero-order chi connectivity index (χ0) is 11.4. The number of hydrogen-bond donors (Lipinski definition) is 2. The van der Waals surface area contributed by atoms with E-state index in [1.165, 1.54) is 11.3 Å². The molecule has 1 amide bonds.